The number of carbonyl (C=O) groups is 1. The number of benzene rings is 3. The molecule has 0 radical (unpaired) electrons. The van der Waals surface area contributed by atoms with Gasteiger partial charge in [0.1, 0.15) is 9.96 Å². The van der Waals surface area contributed by atoms with E-state index < -0.39 is 15.9 Å². The lowest BCUT2D eigenvalue weighted by Gasteiger charge is -2.14. The van der Waals surface area contributed by atoms with Gasteiger partial charge in [0.2, 0.25) is 0 Å². The third-order valence-electron chi connectivity index (χ3n) is 4.46. The van der Waals surface area contributed by atoms with Gasteiger partial charge in [-0.05, 0) is 46.5 Å². The number of hydrogen-bond donors (Lipinski definition) is 2. The minimum atomic E-state index is -3.81. The highest BCUT2D eigenvalue weighted by molar-refractivity contribution is 7.94. The molecule has 1 aromatic heterocycles. The molecule has 0 bridgehead atoms. The smallest absolute Gasteiger partial charge is 0.271 e. The van der Waals surface area contributed by atoms with Crippen molar-refractivity contribution < 1.29 is 17.9 Å². The molecule has 152 valence electrons. The maximum atomic E-state index is 13.1. The van der Waals surface area contributed by atoms with Crippen LogP contribution in [-0.4, -0.2) is 21.4 Å². The molecule has 8 heteroatoms. The Hall–Kier alpha value is -3.36. The second-order valence-electron chi connectivity index (χ2n) is 6.47. The number of nitrogens with one attached hydrogen (secondary N) is 2. The number of carbonyl (C=O) groups excluding carboxylic acids is 1. The van der Waals surface area contributed by atoms with Gasteiger partial charge in [-0.2, -0.15) is 0 Å². The van der Waals surface area contributed by atoms with Gasteiger partial charge in [-0.15, -0.1) is 11.3 Å². The van der Waals surface area contributed by atoms with Crippen LogP contribution in [0.5, 0.6) is 5.75 Å². The molecule has 1 amide bonds. The maximum absolute atomic E-state index is 13.1. The van der Waals surface area contributed by atoms with Crippen LogP contribution in [0.25, 0.3) is 10.8 Å². The van der Waals surface area contributed by atoms with Gasteiger partial charge in [-0.3, -0.25) is 9.52 Å². The van der Waals surface area contributed by atoms with Crippen LogP contribution in [0.3, 0.4) is 0 Å². The molecule has 1 heterocycles. The first kappa shape index (κ1) is 19.9. The summed E-state index contributed by atoms with van der Waals surface area (Å²) >= 11 is 1.11. The Morgan fingerprint density at radius 1 is 0.933 bits per heavy atom. The molecular formula is C22H18N2O4S2. The third-order valence-corrected chi connectivity index (χ3v) is 7.23. The molecule has 4 rings (SSSR count). The van der Waals surface area contributed by atoms with Gasteiger partial charge in [0.15, 0.2) is 0 Å². The molecule has 0 aliphatic rings. The normalized spacial score (nSPS) is 11.2. The molecule has 0 saturated carbocycles. The van der Waals surface area contributed by atoms with Gasteiger partial charge >= 0.3 is 0 Å². The maximum Gasteiger partial charge on any atom is 0.271 e. The Morgan fingerprint density at radius 3 is 2.40 bits per heavy atom. The van der Waals surface area contributed by atoms with Crippen LogP contribution < -0.4 is 14.8 Å². The molecule has 2 N–H and O–H groups in total. The number of ether oxygens (including phenoxy) is 1. The van der Waals surface area contributed by atoms with Crippen LogP contribution in [0.4, 0.5) is 11.4 Å². The summed E-state index contributed by atoms with van der Waals surface area (Å²) in [5.41, 5.74) is 0.971. The van der Waals surface area contributed by atoms with Crippen molar-refractivity contribution in [3.8, 4) is 5.75 Å². The quantitative estimate of drug-likeness (QED) is 0.445. The first-order valence-electron chi connectivity index (χ1n) is 9.01. The van der Waals surface area contributed by atoms with Crippen molar-refractivity contribution in [1.29, 1.82) is 0 Å². The summed E-state index contributed by atoms with van der Waals surface area (Å²) in [4.78, 5) is 13.1. The lowest BCUT2D eigenvalue weighted by atomic mass is 10.0. The van der Waals surface area contributed by atoms with E-state index in [2.05, 4.69) is 10.0 Å². The Kier molecular flexibility index (Phi) is 5.43. The standard InChI is InChI=1S/C22H18N2O4S2/c1-28-18-9-4-8-17(14-18)23-22(25)19-12-15-6-2-3-7-16(15)13-20(19)24-30(26,27)21-10-5-11-29-21/h2-14,24H,1H3,(H,23,25). The fraction of sp³-hybridized carbons (Fsp3) is 0.0455. The Morgan fingerprint density at radius 2 is 1.70 bits per heavy atom. The van der Waals surface area contributed by atoms with Crippen molar-refractivity contribution in [3.63, 3.8) is 0 Å². The first-order chi connectivity index (χ1) is 14.5. The van der Waals surface area contributed by atoms with E-state index in [1.54, 1.807) is 55.0 Å². The molecule has 0 aliphatic carbocycles. The van der Waals surface area contributed by atoms with E-state index in [1.807, 2.05) is 24.3 Å². The first-order valence-corrected chi connectivity index (χ1v) is 11.4. The lowest BCUT2D eigenvalue weighted by molar-refractivity contribution is 0.102. The molecular weight excluding hydrogens is 420 g/mol. The molecule has 0 saturated heterocycles. The van der Waals surface area contributed by atoms with Crippen LogP contribution in [0.2, 0.25) is 0 Å². The predicted molar refractivity (Wildman–Crippen MR) is 120 cm³/mol. The summed E-state index contributed by atoms with van der Waals surface area (Å²) in [6.45, 7) is 0. The minimum absolute atomic E-state index is 0.176. The summed E-state index contributed by atoms with van der Waals surface area (Å²) in [7, 11) is -2.27. The molecule has 0 spiro atoms. The molecule has 6 nitrogen and oxygen atoms in total. The topological polar surface area (TPSA) is 84.5 Å². The number of methoxy groups -OCH3 is 1. The molecule has 3 aromatic carbocycles. The summed E-state index contributed by atoms with van der Waals surface area (Å²) < 4.78 is 33.5. The van der Waals surface area contributed by atoms with Gasteiger partial charge in [0.05, 0.1) is 18.4 Å². The summed E-state index contributed by atoms with van der Waals surface area (Å²) in [5.74, 6) is 0.169. The van der Waals surface area contributed by atoms with E-state index in [1.165, 1.54) is 6.07 Å². The lowest BCUT2D eigenvalue weighted by Crippen LogP contribution is -2.18. The fourth-order valence-corrected chi connectivity index (χ4v) is 5.09. The molecule has 0 atom stereocenters. The zero-order valence-electron chi connectivity index (χ0n) is 16.0. The summed E-state index contributed by atoms with van der Waals surface area (Å²) in [6.07, 6.45) is 0. The monoisotopic (exact) mass is 438 g/mol. The Balaban J connectivity index is 1.75. The van der Waals surface area contributed by atoms with E-state index in [0.29, 0.717) is 11.4 Å². The number of sulfonamides is 1. The number of fused-ring (bicyclic) bond motifs is 1. The minimum Gasteiger partial charge on any atom is -0.497 e. The fourth-order valence-electron chi connectivity index (χ4n) is 3.02. The van der Waals surface area contributed by atoms with E-state index in [0.717, 1.165) is 22.1 Å². The van der Waals surface area contributed by atoms with E-state index in [9.17, 15) is 13.2 Å². The third kappa shape index (κ3) is 4.14. The van der Waals surface area contributed by atoms with E-state index in [-0.39, 0.29) is 15.5 Å². The Bertz CT molecular complexity index is 1320. The second-order valence-corrected chi connectivity index (χ2v) is 9.33. The van der Waals surface area contributed by atoms with Gasteiger partial charge < -0.3 is 10.1 Å². The molecule has 4 aromatic rings. The molecule has 0 aliphatic heterocycles. The highest BCUT2D eigenvalue weighted by Crippen LogP contribution is 2.29. The zero-order valence-corrected chi connectivity index (χ0v) is 17.6. The van der Waals surface area contributed by atoms with Crippen LogP contribution in [0.1, 0.15) is 10.4 Å². The van der Waals surface area contributed by atoms with Crippen LogP contribution in [-0.2, 0) is 10.0 Å². The number of anilines is 2. The largest absolute Gasteiger partial charge is 0.497 e. The highest BCUT2D eigenvalue weighted by atomic mass is 32.2. The van der Waals surface area contributed by atoms with Gasteiger partial charge in [-0.25, -0.2) is 8.42 Å². The van der Waals surface area contributed by atoms with Crippen LogP contribution in [0, 0.1) is 0 Å². The number of amides is 1. The van der Waals surface area contributed by atoms with Gasteiger partial charge in [-0.1, -0.05) is 36.4 Å². The molecule has 0 unspecified atom stereocenters. The number of rotatable bonds is 6. The zero-order chi connectivity index (χ0) is 21.1. The van der Waals surface area contributed by atoms with E-state index >= 15 is 0 Å². The number of thiophene rings is 1. The van der Waals surface area contributed by atoms with Gasteiger partial charge in [0.25, 0.3) is 15.9 Å². The van der Waals surface area contributed by atoms with Crippen molar-refractivity contribution in [2.24, 2.45) is 0 Å². The van der Waals surface area contributed by atoms with Crippen molar-refractivity contribution in [2.45, 2.75) is 4.21 Å². The van der Waals surface area contributed by atoms with Crippen molar-refractivity contribution in [1.82, 2.24) is 0 Å². The Labute approximate surface area is 178 Å². The van der Waals surface area contributed by atoms with Crippen molar-refractivity contribution in [2.75, 3.05) is 17.1 Å². The summed E-state index contributed by atoms with van der Waals surface area (Å²) in [5, 5.41) is 6.14. The van der Waals surface area contributed by atoms with E-state index in [4.69, 9.17) is 4.74 Å². The number of hydrogen-bond acceptors (Lipinski definition) is 5. The second kappa shape index (κ2) is 8.17. The summed E-state index contributed by atoms with van der Waals surface area (Å²) in [6, 6.07) is 20.9. The van der Waals surface area contributed by atoms with Crippen molar-refractivity contribution >= 4 is 49.4 Å². The molecule has 30 heavy (non-hydrogen) atoms. The average Bonchev–Trinajstić information content (AvgIpc) is 3.29. The van der Waals surface area contributed by atoms with Crippen molar-refractivity contribution in [3.05, 3.63) is 83.7 Å². The highest BCUT2D eigenvalue weighted by Gasteiger charge is 2.20. The van der Waals surface area contributed by atoms with Crippen LogP contribution >= 0.6 is 11.3 Å². The molecule has 0 fully saturated rings. The van der Waals surface area contributed by atoms with Crippen LogP contribution in [0.15, 0.2) is 82.4 Å². The average molecular weight is 439 g/mol. The predicted octanol–water partition coefficient (Wildman–Crippen LogP) is 4.96. The van der Waals surface area contributed by atoms with Gasteiger partial charge in [0, 0.05) is 11.8 Å². The SMILES string of the molecule is COc1cccc(NC(=O)c2cc3ccccc3cc2NS(=O)(=O)c2cccs2)c1.